The first-order valence-electron chi connectivity index (χ1n) is 9.15. The first kappa shape index (κ1) is 21.2. The monoisotopic (exact) mass is 425 g/mol. The van der Waals surface area contributed by atoms with Gasteiger partial charge in [-0.05, 0) is 49.4 Å². The molecular weight excluding hydrogens is 402 g/mol. The lowest BCUT2D eigenvalue weighted by Gasteiger charge is -2.09. The molecule has 1 amide bonds. The summed E-state index contributed by atoms with van der Waals surface area (Å²) in [5.41, 5.74) is 8.53. The molecule has 0 radical (unpaired) electrons. The van der Waals surface area contributed by atoms with Gasteiger partial charge in [-0.2, -0.15) is 0 Å². The summed E-state index contributed by atoms with van der Waals surface area (Å²) in [5.74, 6) is 1.06. The number of nitrogens with one attached hydrogen (secondary N) is 1. The minimum atomic E-state index is -0.214. The Labute approximate surface area is 179 Å². The van der Waals surface area contributed by atoms with Crippen molar-refractivity contribution in [2.75, 3.05) is 25.3 Å². The largest absolute Gasteiger partial charge is 0.493 e. The number of anilines is 2. The highest BCUT2D eigenvalue weighted by atomic mass is 32.1. The Kier molecular flexibility index (Phi) is 6.92. The average molecular weight is 426 g/mol. The fraction of sp³-hybridized carbons (Fsp3) is 0.182. The molecule has 0 aliphatic rings. The van der Waals surface area contributed by atoms with Gasteiger partial charge in [0.25, 0.3) is 5.91 Å². The summed E-state index contributed by atoms with van der Waals surface area (Å²) in [6.45, 7) is 2.11. The number of hydrogen-bond donors (Lipinski definition) is 2. The number of rotatable bonds is 8. The van der Waals surface area contributed by atoms with Gasteiger partial charge < -0.3 is 25.4 Å². The van der Waals surface area contributed by atoms with Crippen LogP contribution in [-0.4, -0.2) is 25.8 Å². The molecule has 3 N–H and O–H groups in total. The topological polar surface area (TPSA) is 95.2 Å². The van der Waals surface area contributed by atoms with E-state index >= 15 is 0 Å². The Hall–Kier alpha value is -3.52. The Morgan fingerprint density at radius 1 is 1.07 bits per heavy atom. The van der Waals surface area contributed by atoms with Gasteiger partial charge in [-0.15, -0.1) is 11.3 Å². The van der Waals surface area contributed by atoms with Crippen LogP contribution in [0.25, 0.3) is 0 Å². The van der Waals surface area contributed by atoms with E-state index in [2.05, 4.69) is 10.5 Å². The van der Waals surface area contributed by atoms with Crippen LogP contribution in [0.4, 0.5) is 11.4 Å². The van der Waals surface area contributed by atoms with E-state index in [-0.39, 0.29) is 12.5 Å². The van der Waals surface area contributed by atoms with Gasteiger partial charge in [-0.3, -0.25) is 4.79 Å². The minimum Gasteiger partial charge on any atom is -0.493 e. The van der Waals surface area contributed by atoms with Crippen LogP contribution in [0.2, 0.25) is 0 Å². The molecule has 0 fully saturated rings. The van der Waals surface area contributed by atoms with Gasteiger partial charge in [-0.1, -0.05) is 17.3 Å². The van der Waals surface area contributed by atoms with Crippen molar-refractivity contribution >= 4 is 34.3 Å². The molecule has 1 heterocycles. The van der Waals surface area contributed by atoms with Gasteiger partial charge in [0.05, 0.1) is 36.2 Å². The number of oxime groups is 1. The minimum absolute atomic E-state index is 0.214. The van der Waals surface area contributed by atoms with Gasteiger partial charge in [0, 0.05) is 10.4 Å². The molecule has 8 heteroatoms. The van der Waals surface area contributed by atoms with E-state index in [9.17, 15) is 4.79 Å². The van der Waals surface area contributed by atoms with Crippen molar-refractivity contribution in [3.05, 3.63) is 69.9 Å². The number of hydrogen-bond acceptors (Lipinski definition) is 7. The van der Waals surface area contributed by atoms with Crippen molar-refractivity contribution in [1.82, 2.24) is 0 Å². The fourth-order valence-corrected chi connectivity index (χ4v) is 3.49. The zero-order valence-corrected chi connectivity index (χ0v) is 17.8. The van der Waals surface area contributed by atoms with Crippen LogP contribution >= 0.6 is 11.3 Å². The SMILES string of the molecule is COc1ccc(/C(C)=N/OCc2ccc(C(=O)Nc3ccccc3N)s2)cc1OC. The van der Waals surface area contributed by atoms with Gasteiger partial charge in [-0.25, -0.2) is 0 Å². The number of thiophene rings is 1. The second kappa shape index (κ2) is 9.80. The van der Waals surface area contributed by atoms with Gasteiger partial charge >= 0.3 is 0 Å². The fourth-order valence-electron chi connectivity index (χ4n) is 2.68. The quantitative estimate of drug-likeness (QED) is 0.314. The van der Waals surface area contributed by atoms with E-state index in [0.29, 0.717) is 33.5 Å². The summed E-state index contributed by atoms with van der Waals surface area (Å²) in [4.78, 5) is 19.3. The lowest BCUT2D eigenvalue weighted by molar-refractivity contribution is 0.103. The van der Waals surface area contributed by atoms with Crippen molar-refractivity contribution in [1.29, 1.82) is 0 Å². The van der Waals surface area contributed by atoms with E-state index < -0.39 is 0 Å². The van der Waals surface area contributed by atoms with Crippen LogP contribution in [0.15, 0.2) is 59.8 Å². The van der Waals surface area contributed by atoms with E-state index in [1.165, 1.54) is 11.3 Å². The number of nitrogens with zero attached hydrogens (tertiary/aromatic N) is 1. The molecule has 1 aromatic heterocycles. The Morgan fingerprint density at radius 3 is 2.57 bits per heavy atom. The summed E-state index contributed by atoms with van der Waals surface area (Å²) in [7, 11) is 3.17. The highest BCUT2D eigenvalue weighted by Gasteiger charge is 2.11. The third-order valence-corrected chi connectivity index (χ3v) is 5.36. The number of para-hydroxylation sites is 2. The zero-order valence-electron chi connectivity index (χ0n) is 17.0. The molecule has 2 aromatic carbocycles. The van der Waals surface area contributed by atoms with E-state index in [1.54, 1.807) is 32.4 Å². The number of nitrogen functional groups attached to an aromatic ring is 1. The molecule has 7 nitrogen and oxygen atoms in total. The Balaban J connectivity index is 1.60. The van der Waals surface area contributed by atoms with Crippen molar-refractivity contribution in [3.63, 3.8) is 0 Å². The predicted molar refractivity (Wildman–Crippen MR) is 120 cm³/mol. The zero-order chi connectivity index (χ0) is 21.5. The molecule has 0 aliphatic carbocycles. The van der Waals surface area contributed by atoms with Gasteiger partial charge in [0.1, 0.15) is 0 Å². The third kappa shape index (κ3) is 5.09. The predicted octanol–water partition coefficient (Wildman–Crippen LogP) is 4.54. The molecule has 0 aliphatic heterocycles. The van der Waals surface area contributed by atoms with Gasteiger partial charge in [0.2, 0.25) is 0 Å². The number of carbonyl (C=O) groups is 1. The van der Waals surface area contributed by atoms with E-state index in [0.717, 1.165) is 10.4 Å². The van der Waals surface area contributed by atoms with Crippen LogP contribution in [0, 0.1) is 0 Å². The molecule has 30 heavy (non-hydrogen) atoms. The number of benzene rings is 2. The summed E-state index contributed by atoms with van der Waals surface area (Å²) >= 11 is 1.34. The molecule has 0 spiro atoms. The van der Waals surface area contributed by atoms with E-state index in [4.69, 9.17) is 20.0 Å². The third-order valence-electron chi connectivity index (χ3n) is 4.30. The Morgan fingerprint density at radius 2 is 1.83 bits per heavy atom. The number of nitrogens with two attached hydrogens (primary N) is 1. The van der Waals surface area contributed by atoms with Crippen molar-refractivity contribution in [2.24, 2.45) is 5.16 Å². The normalized spacial score (nSPS) is 11.1. The number of methoxy groups -OCH3 is 2. The van der Waals surface area contributed by atoms with Gasteiger partial charge in [0.15, 0.2) is 18.1 Å². The van der Waals surface area contributed by atoms with Crippen LogP contribution in [-0.2, 0) is 11.4 Å². The van der Waals surface area contributed by atoms with Crippen molar-refractivity contribution in [3.8, 4) is 11.5 Å². The highest BCUT2D eigenvalue weighted by molar-refractivity contribution is 7.14. The molecular formula is C22H23N3O4S. The molecule has 0 saturated carbocycles. The Bertz CT molecular complexity index is 1060. The summed E-state index contributed by atoms with van der Waals surface area (Å²) in [6, 6.07) is 16.3. The molecule has 0 atom stereocenters. The maximum absolute atomic E-state index is 12.4. The molecule has 0 unspecified atom stereocenters. The lowest BCUT2D eigenvalue weighted by atomic mass is 10.1. The van der Waals surface area contributed by atoms with Crippen molar-refractivity contribution < 1.29 is 19.1 Å². The standard InChI is InChI=1S/C22H23N3O4S/c1-14(15-8-10-19(27-2)20(12-15)28-3)25-29-13-16-9-11-21(30-16)22(26)24-18-7-5-4-6-17(18)23/h4-12H,13,23H2,1-3H3,(H,24,26)/b25-14+. The second-order valence-corrected chi connectivity index (χ2v) is 7.50. The maximum Gasteiger partial charge on any atom is 0.265 e. The first-order valence-corrected chi connectivity index (χ1v) is 9.97. The number of carbonyl (C=O) groups excluding carboxylic acids is 1. The second-order valence-electron chi connectivity index (χ2n) is 6.33. The molecule has 3 rings (SSSR count). The van der Waals surface area contributed by atoms with Crippen LogP contribution in [0.1, 0.15) is 27.0 Å². The van der Waals surface area contributed by atoms with E-state index in [1.807, 2.05) is 43.3 Å². The van der Waals surface area contributed by atoms with Crippen LogP contribution in [0.5, 0.6) is 11.5 Å². The molecule has 0 saturated heterocycles. The summed E-state index contributed by atoms with van der Waals surface area (Å²) in [5, 5.41) is 6.98. The van der Waals surface area contributed by atoms with Crippen LogP contribution < -0.4 is 20.5 Å². The highest BCUT2D eigenvalue weighted by Crippen LogP contribution is 2.28. The summed E-state index contributed by atoms with van der Waals surface area (Å²) < 4.78 is 10.6. The maximum atomic E-state index is 12.4. The summed E-state index contributed by atoms with van der Waals surface area (Å²) in [6.07, 6.45) is 0. The number of amides is 1. The lowest BCUT2D eigenvalue weighted by Crippen LogP contribution is -2.11. The first-order chi connectivity index (χ1) is 14.5. The molecule has 0 bridgehead atoms. The molecule has 156 valence electrons. The van der Waals surface area contributed by atoms with Crippen molar-refractivity contribution in [2.45, 2.75) is 13.5 Å². The smallest absolute Gasteiger partial charge is 0.265 e. The average Bonchev–Trinajstić information content (AvgIpc) is 3.23. The number of ether oxygens (including phenoxy) is 2. The molecule has 3 aromatic rings. The van der Waals surface area contributed by atoms with Crippen LogP contribution in [0.3, 0.4) is 0 Å².